The summed E-state index contributed by atoms with van der Waals surface area (Å²) in [7, 11) is 0. The molecular weight excluding hydrogens is 374 g/mol. The molecule has 2 aromatic rings. The average molecular weight is 406 g/mol. The minimum Gasteiger partial charge on any atom is -0.368 e. The monoisotopic (exact) mass is 405 g/mol. The summed E-state index contributed by atoms with van der Waals surface area (Å²) >= 11 is 0. The molecule has 30 heavy (non-hydrogen) atoms. The van der Waals surface area contributed by atoms with Crippen LogP contribution in [0.5, 0.6) is 0 Å². The van der Waals surface area contributed by atoms with E-state index in [2.05, 4.69) is 70.9 Å². The normalized spacial score (nSPS) is 27.2. The van der Waals surface area contributed by atoms with E-state index in [1.807, 2.05) is 4.90 Å². The number of piperazine rings is 2. The van der Waals surface area contributed by atoms with Gasteiger partial charge in [0, 0.05) is 57.3 Å². The fraction of sp³-hybridized carbons (Fsp3) is 0.480. The van der Waals surface area contributed by atoms with Crippen LogP contribution in [0.15, 0.2) is 60.7 Å². The Morgan fingerprint density at radius 1 is 0.967 bits per heavy atom. The van der Waals surface area contributed by atoms with Crippen LogP contribution in [0, 0.1) is 0 Å². The van der Waals surface area contributed by atoms with Crippen LogP contribution in [0.3, 0.4) is 0 Å². The molecule has 3 fully saturated rings. The van der Waals surface area contributed by atoms with E-state index in [9.17, 15) is 4.79 Å². The Kier molecular flexibility index (Phi) is 5.84. The quantitative estimate of drug-likeness (QED) is 0.849. The number of benzene rings is 2. The van der Waals surface area contributed by atoms with Crippen LogP contribution >= 0.6 is 0 Å². The first kappa shape index (κ1) is 19.7. The molecule has 3 aliphatic rings. The van der Waals surface area contributed by atoms with Crippen molar-refractivity contribution in [2.45, 2.75) is 36.9 Å². The van der Waals surface area contributed by atoms with E-state index in [1.165, 1.54) is 11.1 Å². The fourth-order valence-electron chi connectivity index (χ4n) is 5.45. The van der Waals surface area contributed by atoms with Crippen molar-refractivity contribution in [2.75, 3.05) is 39.3 Å². The number of carbonyl (C=O) groups excluding carboxylic acids is 1. The first-order valence-electron chi connectivity index (χ1n) is 11.3. The molecule has 0 radical (unpaired) electrons. The van der Waals surface area contributed by atoms with Crippen molar-refractivity contribution in [1.82, 2.24) is 15.1 Å². The molecule has 5 rings (SSSR count). The molecule has 0 spiro atoms. The molecule has 1 amide bonds. The lowest BCUT2D eigenvalue weighted by atomic mass is 9.82. The van der Waals surface area contributed by atoms with E-state index in [0.717, 1.165) is 52.2 Å². The zero-order valence-electron chi connectivity index (χ0n) is 17.5. The van der Waals surface area contributed by atoms with Crippen molar-refractivity contribution < 1.29 is 9.53 Å². The van der Waals surface area contributed by atoms with Crippen LogP contribution in [0.1, 0.15) is 29.9 Å². The number of carbonyl (C=O) groups is 1. The Morgan fingerprint density at radius 2 is 1.67 bits per heavy atom. The summed E-state index contributed by atoms with van der Waals surface area (Å²) in [6.07, 6.45) is 1.65. The van der Waals surface area contributed by atoms with Crippen LogP contribution < -0.4 is 5.32 Å². The van der Waals surface area contributed by atoms with Gasteiger partial charge in [-0.2, -0.15) is 0 Å². The highest BCUT2D eigenvalue weighted by Gasteiger charge is 2.41. The van der Waals surface area contributed by atoms with Gasteiger partial charge in [0.1, 0.15) is 6.10 Å². The molecular formula is C25H31N3O2. The first-order chi connectivity index (χ1) is 14.8. The molecule has 5 nitrogen and oxygen atoms in total. The van der Waals surface area contributed by atoms with Crippen molar-refractivity contribution in [2.24, 2.45) is 0 Å². The molecule has 5 heteroatoms. The summed E-state index contributed by atoms with van der Waals surface area (Å²) in [4.78, 5) is 17.6. The molecule has 0 aliphatic carbocycles. The number of rotatable bonds is 4. The molecule has 2 aromatic carbocycles. The van der Waals surface area contributed by atoms with Gasteiger partial charge in [-0.05, 0) is 24.0 Å². The lowest BCUT2D eigenvalue weighted by Gasteiger charge is -2.51. The number of nitrogens with one attached hydrogen (secondary N) is 1. The molecule has 3 aliphatic heterocycles. The van der Waals surface area contributed by atoms with Crippen LogP contribution in [-0.2, 0) is 9.53 Å². The summed E-state index contributed by atoms with van der Waals surface area (Å²) in [5, 5.41) is 3.67. The van der Waals surface area contributed by atoms with Gasteiger partial charge >= 0.3 is 0 Å². The summed E-state index contributed by atoms with van der Waals surface area (Å²) in [6.45, 7) is 5.12. The molecule has 0 unspecified atom stereocenters. The molecule has 0 aromatic heterocycles. The van der Waals surface area contributed by atoms with Crippen molar-refractivity contribution >= 4 is 5.91 Å². The Balaban J connectivity index is 1.38. The van der Waals surface area contributed by atoms with Gasteiger partial charge in [-0.1, -0.05) is 60.7 Å². The largest absolute Gasteiger partial charge is 0.368 e. The SMILES string of the molecule is O=C([C@H]1CCCO1)N1CCN2[C@H](CNC[C@H]2C(c2ccccc2)c2ccccc2)C1. The smallest absolute Gasteiger partial charge is 0.251 e. The van der Waals surface area contributed by atoms with E-state index >= 15 is 0 Å². The number of fused-ring (bicyclic) bond motifs is 1. The predicted octanol–water partition coefficient (Wildman–Crippen LogP) is 2.48. The Hall–Kier alpha value is -2.21. The maximum atomic E-state index is 12.9. The minimum absolute atomic E-state index is 0.192. The lowest BCUT2D eigenvalue weighted by Crippen LogP contribution is -2.67. The summed E-state index contributed by atoms with van der Waals surface area (Å²) in [6, 6.07) is 22.4. The third-order valence-electron chi connectivity index (χ3n) is 6.91. The van der Waals surface area contributed by atoms with Gasteiger partial charge in [-0.3, -0.25) is 9.69 Å². The molecule has 158 valence electrons. The molecule has 3 atom stereocenters. The van der Waals surface area contributed by atoms with E-state index in [4.69, 9.17) is 4.74 Å². The third-order valence-corrected chi connectivity index (χ3v) is 6.91. The third kappa shape index (κ3) is 3.89. The highest BCUT2D eigenvalue weighted by atomic mass is 16.5. The number of hydrogen-bond donors (Lipinski definition) is 1. The lowest BCUT2D eigenvalue weighted by molar-refractivity contribution is -0.145. The number of ether oxygens (including phenoxy) is 1. The van der Waals surface area contributed by atoms with E-state index in [1.54, 1.807) is 0 Å². The maximum Gasteiger partial charge on any atom is 0.251 e. The fourth-order valence-corrected chi connectivity index (χ4v) is 5.45. The van der Waals surface area contributed by atoms with Gasteiger partial charge in [0.05, 0.1) is 0 Å². The van der Waals surface area contributed by atoms with Crippen molar-refractivity contribution in [3.63, 3.8) is 0 Å². The highest BCUT2D eigenvalue weighted by molar-refractivity contribution is 5.81. The van der Waals surface area contributed by atoms with E-state index < -0.39 is 0 Å². The number of nitrogens with zero attached hydrogens (tertiary/aromatic N) is 2. The standard InChI is InChI=1S/C25H31N3O2/c29-25(23-12-7-15-30-23)27-13-14-28-21(18-27)16-26-17-22(28)24(19-8-3-1-4-9-19)20-10-5-2-6-11-20/h1-6,8-11,21-24,26H,7,12-18H2/t21-,22+,23-/m1/s1. The van der Waals surface area contributed by atoms with Crippen molar-refractivity contribution in [1.29, 1.82) is 0 Å². The first-order valence-corrected chi connectivity index (χ1v) is 11.3. The zero-order chi connectivity index (χ0) is 20.3. The van der Waals surface area contributed by atoms with Gasteiger partial charge in [0.25, 0.3) is 5.91 Å². The van der Waals surface area contributed by atoms with Gasteiger partial charge in [0.15, 0.2) is 0 Å². The molecule has 0 bridgehead atoms. The maximum absolute atomic E-state index is 12.9. The Morgan fingerprint density at radius 3 is 2.30 bits per heavy atom. The average Bonchev–Trinajstić information content (AvgIpc) is 3.35. The molecule has 3 heterocycles. The Bertz CT molecular complexity index is 798. The summed E-state index contributed by atoms with van der Waals surface area (Å²) < 4.78 is 5.66. The second-order valence-corrected chi connectivity index (χ2v) is 8.70. The Labute approximate surface area is 179 Å². The second kappa shape index (κ2) is 8.88. The van der Waals surface area contributed by atoms with Gasteiger partial charge in [-0.15, -0.1) is 0 Å². The van der Waals surface area contributed by atoms with Gasteiger partial charge < -0.3 is 15.0 Å². The van der Waals surface area contributed by atoms with Gasteiger partial charge in [-0.25, -0.2) is 0 Å². The summed E-state index contributed by atoms with van der Waals surface area (Å²) in [5.41, 5.74) is 2.71. The second-order valence-electron chi connectivity index (χ2n) is 8.70. The van der Waals surface area contributed by atoms with Gasteiger partial charge in [0.2, 0.25) is 0 Å². The number of hydrogen-bond acceptors (Lipinski definition) is 4. The van der Waals surface area contributed by atoms with Crippen LogP contribution in [0.4, 0.5) is 0 Å². The zero-order valence-corrected chi connectivity index (χ0v) is 17.5. The van der Waals surface area contributed by atoms with Crippen LogP contribution in [0.2, 0.25) is 0 Å². The molecule has 1 N–H and O–H groups in total. The van der Waals surface area contributed by atoms with Crippen molar-refractivity contribution in [3.05, 3.63) is 71.8 Å². The van der Waals surface area contributed by atoms with E-state index in [0.29, 0.717) is 18.0 Å². The predicted molar refractivity (Wildman–Crippen MR) is 117 cm³/mol. The van der Waals surface area contributed by atoms with Crippen LogP contribution in [0.25, 0.3) is 0 Å². The molecule has 3 saturated heterocycles. The van der Waals surface area contributed by atoms with Crippen LogP contribution in [-0.4, -0.2) is 73.2 Å². The number of amides is 1. The van der Waals surface area contributed by atoms with E-state index in [-0.39, 0.29) is 12.0 Å². The summed E-state index contributed by atoms with van der Waals surface area (Å²) in [5.74, 6) is 0.500. The topological polar surface area (TPSA) is 44.8 Å². The van der Waals surface area contributed by atoms with Crippen molar-refractivity contribution in [3.8, 4) is 0 Å². The molecule has 0 saturated carbocycles. The highest BCUT2D eigenvalue weighted by Crippen LogP contribution is 2.34. The minimum atomic E-state index is -0.217.